The molecule has 1 heterocycles. The van der Waals surface area contributed by atoms with E-state index in [9.17, 15) is 9.90 Å². The van der Waals surface area contributed by atoms with E-state index in [-0.39, 0.29) is 0 Å². The Labute approximate surface area is 140 Å². The highest BCUT2D eigenvalue weighted by atomic mass is 16.5. The highest BCUT2D eigenvalue weighted by Gasteiger charge is 2.22. The number of morpholine rings is 1. The van der Waals surface area contributed by atoms with Gasteiger partial charge >= 0.3 is 6.09 Å². The second-order valence-electron chi connectivity index (χ2n) is 5.41. The van der Waals surface area contributed by atoms with Crippen molar-refractivity contribution < 1.29 is 19.4 Å². The number of benzene rings is 2. The van der Waals surface area contributed by atoms with Crippen molar-refractivity contribution in [2.75, 3.05) is 43.2 Å². The predicted octanol–water partition coefficient (Wildman–Crippen LogP) is 3.35. The van der Waals surface area contributed by atoms with Gasteiger partial charge in [0.15, 0.2) is 0 Å². The molecule has 0 spiro atoms. The fourth-order valence-corrected chi connectivity index (χ4v) is 2.80. The molecule has 2 aromatic rings. The van der Waals surface area contributed by atoms with Crippen LogP contribution in [0.5, 0.6) is 5.75 Å². The van der Waals surface area contributed by atoms with Crippen LogP contribution in [0.4, 0.5) is 21.9 Å². The molecule has 0 saturated carbocycles. The third kappa shape index (κ3) is 3.28. The maximum atomic E-state index is 11.9. The summed E-state index contributed by atoms with van der Waals surface area (Å²) < 4.78 is 10.8. The van der Waals surface area contributed by atoms with E-state index in [1.807, 2.05) is 30.3 Å². The largest absolute Gasteiger partial charge is 0.495 e. The molecule has 0 aliphatic carbocycles. The summed E-state index contributed by atoms with van der Waals surface area (Å²) in [7, 11) is 1.54. The Morgan fingerprint density at radius 3 is 2.50 bits per heavy atom. The molecule has 2 aromatic carbocycles. The minimum absolute atomic E-state index is 0.500. The van der Waals surface area contributed by atoms with Crippen LogP contribution >= 0.6 is 0 Å². The van der Waals surface area contributed by atoms with Gasteiger partial charge in [-0.15, -0.1) is 0 Å². The minimum Gasteiger partial charge on any atom is -0.495 e. The van der Waals surface area contributed by atoms with Gasteiger partial charge in [0.05, 0.1) is 31.7 Å². The molecular weight excluding hydrogens is 308 g/mol. The van der Waals surface area contributed by atoms with Crippen LogP contribution < -0.4 is 14.5 Å². The lowest BCUT2D eigenvalue weighted by Crippen LogP contribution is -2.36. The van der Waals surface area contributed by atoms with Gasteiger partial charge in [-0.2, -0.15) is 0 Å². The Morgan fingerprint density at radius 2 is 1.88 bits per heavy atom. The highest BCUT2D eigenvalue weighted by Crippen LogP contribution is 2.37. The number of para-hydroxylation sites is 1. The van der Waals surface area contributed by atoms with Crippen molar-refractivity contribution >= 4 is 23.2 Å². The van der Waals surface area contributed by atoms with Crippen molar-refractivity contribution in [3.63, 3.8) is 0 Å². The summed E-state index contributed by atoms with van der Waals surface area (Å²) in [6, 6.07) is 14.6. The lowest BCUT2D eigenvalue weighted by Gasteiger charge is -2.30. The summed E-state index contributed by atoms with van der Waals surface area (Å²) in [5.41, 5.74) is 2.03. The van der Waals surface area contributed by atoms with Crippen LogP contribution in [0.25, 0.3) is 0 Å². The van der Waals surface area contributed by atoms with Crippen LogP contribution in [0.3, 0.4) is 0 Å². The third-order valence-corrected chi connectivity index (χ3v) is 3.99. The number of nitrogens with zero attached hydrogens (tertiary/aromatic N) is 2. The summed E-state index contributed by atoms with van der Waals surface area (Å²) >= 11 is 0. The third-order valence-electron chi connectivity index (χ3n) is 3.99. The molecule has 0 unspecified atom stereocenters. The zero-order valence-corrected chi connectivity index (χ0v) is 13.5. The van der Waals surface area contributed by atoms with E-state index < -0.39 is 6.09 Å². The van der Waals surface area contributed by atoms with Crippen LogP contribution in [-0.2, 0) is 4.74 Å². The molecule has 1 N–H and O–H groups in total. The highest BCUT2D eigenvalue weighted by molar-refractivity contribution is 5.97. The molecule has 6 nitrogen and oxygen atoms in total. The summed E-state index contributed by atoms with van der Waals surface area (Å²) in [5.74, 6) is 0.512. The van der Waals surface area contributed by atoms with E-state index in [1.165, 1.54) is 12.0 Å². The monoisotopic (exact) mass is 328 g/mol. The van der Waals surface area contributed by atoms with Crippen LogP contribution in [0.1, 0.15) is 0 Å². The molecule has 0 atom stereocenters. The molecule has 24 heavy (non-hydrogen) atoms. The predicted molar refractivity (Wildman–Crippen MR) is 92.6 cm³/mol. The summed E-state index contributed by atoms with van der Waals surface area (Å²) in [6.45, 7) is 2.90. The average Bonchev–Trinajstić information content (AvgIpc) is 2.63. The fraction of sp³-hybridized carbons (Fsp3) is 0.278. The van der Waals surface area contributed by atoms with Gasteiger partial charge in [-0.25, -0.2) is 9.69 Å². The van der Waals surface area contributed by atoms with E-state index in [0.717, 1.165) is 18.8 Å². The molecule has 1 amide bonds. The van der Waals surface area contributed by atoms with Crippen molar-refractivity contribution in [1.82, 2.24) is 0 Å². The summed E-state index contributed by atoms with van der Waals surface area (Å²) in [5, 5.41) is 9.74. The van der Waals surface area contributed by atoms with Gasteiger partial charge in [-0.1, -0.05) is 18.2 Å². The fourth-order valence-electron chi connectivity index (χ4n) is 2.80. The van der Waals surface area contributed by atoms with E-state index in [0.29, 0.717) is 30.3 Å². The van der Waals surface area contributed by atoms with Crippen LogP contribution in [0, 0.1) is 0 Å². The van der Waals surface area contributed by atoms with Gasteiger partial charge in [-0.05, 0) is 30.3 Å². The van der Waals surface area contributed by atoms with Crippen LogP contribution in [-0.4, -0.2) is 44.6 Å². The molecular formula is C18H20N2O4. The zero-order valence-electron chi connectivity index (χ0n) is 13.5. The van der Waals surface area contributed by atoms with Gasteiger partial charge in [0.1, 0.15) is 5.75 Å². The number of ether oxygens (including phenoxy) is 2. The number of rotatable bonds is 4. The molecule has 3 rings (SSSR count). The lowest BCUT2D eigenvalue weighted by atomic mass is 10.2. The Balaban J connectivity index is 2.04. The number of anilines is 3. The number of hydrogen-bond acceptors (Lipinski definition) is 4. The van der Waals surface area contributed by atoms with E-state index in [1.54, 1.807) is 18.2 Å². The summed E-state index contributed by atoms with van der Waals surface area (Å²) in [6.07, 6.45) is -1.06. The normalized spacial score (nSPS) is 14.3. The first-order valence-corrected chi connectivity index (χ1v) is 7.79. The van der Waals surface area contributed by atoms with Gasteiger partial charge in [0, 0.05) is 18.8 Å². The number of hydrogen-bond donors (Lipinski definition) is 1. The summed E-state index contributed by atoms with van der Waals surface area (Å²) in [4.78, 5) is 15.3. The van der Waals surface area contributed by atoms with E-state index in [4.69, 9.17) is 9.47 Å². The maximum Gasteiger partial charge on any atom is 0.416 e. The zero-order chi connectivity index (χ0) is 16.9. The van der Waals surface area contributed by atoms with Crippen LogP contribution in [0.2, 0.25) is 0 Å². The molecule has 1 aliphatic rings. The number of carboxylic acid groups (broad SMARTS) is 1. The molecule has 0 radical (unpaired) electrons. The van der Waals surface area contributed by atoms with E-state index >= 15 is 0 Å². The van der Waals surface area contributed by atoms with Crippen LogP contribution in [0.15, 0.2) is 48.5 Å². The second-order valence-corrected chi connectivity index (χ2v) is 5.41. The lowest BCUT2D eigenvalue weighted by molar-refractivity contribution is 0.122. The molecule has 0 bridgehead atoms. The molecule has 1 fully saturated rings. The molecule has 6 heteroatoms. The standard InChI is InChI=1S/C18H20N2O4/c1-23-17-8-7-15(19-9-11-24-12-10-19)13-16(17)20(18(21)22)14-5-3-2-4-6-14/h2-8,13H,9-12H2,1H3,(H,21,22). The molecule has 126 valence electrons. The number of methoxy groups -OCH3 is 1. The van der Waals surface area contributed by atoms with Gasteiger partial charge < -0.3 is 19.5 Å². The quantitative estimate of drug-likeness (QED) is 0.932. The number of carbonyl (C=O) groups is 1. The first-order chi connectivity index (χ1) is 11.7. The molecule has 0 aromatic heterocycles. The Hall–Kier alpha value is -2.73. The van der Waals surface area contributed by atoms with Crippen molar-refractivity contribution in [3.8, 4) is 5.75 Å². The maximum absolute atomic E-state index is 11.9. The van der Waals surface area contributed by atoms with Gasteiger partial charge in [-0.3, -0.25) is 0 Å². The SMILES string of the molecule is COc1ccc(N2CCOCC2)cc1N(C(=O)O)c1ccccc1. The van der Waals surface area contributed by atoms with Crippen molar-refractivity contribution in [2.45, 2.75) is 0 Å². The van der Waals surface area contributed by atoms with Crippen molar-refractivity contribution in [2.24, 2.45) is 0 Å². The average molecular weight is 328 g/mol. The molecule has 1 aliphatic heterocycles. The second kappa shape index (κ2) is 7.23. The first-order valence-electron chi connectivity index (χ1n) is 7.79. The molecule has 1 saturated heterocycles. The Morgan fingerprint density at radius 1 is 1.17 bits per heavy atom. The van der Waals surface area contributed by atoms with E-state index in [2.05, 4.69) is 4.90 Å². The minimum atomic E-state index is -1.06. The first kappa shape index (κ1) is 16.1. The topological polar surface area (TPSA) is 62.2 Å². The number of amides is 1. The van der Waals surface area contributed by atoms with Crippen molar-refractivity contribution in [1.29, 1.82) is 0 Å². The van der Waals surface area contributed by atoms with Gasteiger partial charge in [0.2, 0.25) is 0 Å². The Bertz CT molecular complexity index is 699. The smallest absolute Gasteiger partial charge is 0.416 e. The van der Waals surface area contributed by atoms with Gasteiger partial charge in [0.25, 0.3) is 0 Å². The Kier molecular flexibility index (Phi) is 4.86. The van der Waals surface area contributed by atoms with Crippen molar-refractivity contribution in [3.05, 3.63) is 48.5 Å².